The molecule has 1 N–H and O–H groups in total. The fourth-order valence-electron chi connectivity index (χ4n) is 2.36. The molecule has 1 amide bonds. The summed E-state index contributed by atoms with van der Waals surface area (Å²) < 4.78 is 31.4. The summed E-state index contributed by atoms with van der Waals surface area (Å²) in [5.41, 5.74) is 3.02. The summed E-state index contributed by atoms with van der Waals surface area (Å²) in [7, 11) is -3.30. The summed E-state index contributed by atoms with van der Waals surface area (Å²) in [6, 6.07) is 5.76. The van der Waals surface area contributed by atoms with Crippen LogP contribution < -0.4 is 9.62 Å². The maximum absolute atomic E-state index is 12.0. The Bertz CT molecular complexity index is 673. The molecule has 23 heavy (non-hydrogen) atoms. The van der Waals surface area contributed by atoms with Gasteiger partial charge in [-0.1, -0.05) is 19.4 Å². The topological polar surface area (TPSA) is 75.7 Å². The smallest absolute Gasteiger partial charge is 0.414 e. The number of anilines is 1. The van der Waals surface area contributed by atoms with E-state index in [1.807, 2.05) is 39.0 Å². The van der Waals surface area contributed by atoms with Gasteiger partial charge in [-0.3, -0.25) is 4.90 Å². The summed E-state index contributed by atoms with van der Waals surface area (Å²) in [5.74, 6) is 0.102. The molecular weight excluding hydrogens is 316 g/mol. The zero-order valence-electron chi connectivity index (χ0n) is 13.8. The van der Waals surface area contributed by atoms with Crippen molar-refractivity contribution in [3.05, 3.63) is 29.3 Å². The van der Waals surface area contributed by atoms with Crippen LogP contribution in [-0.2, 0) is 14.8 Å². The number of amides is 1. The minimum Gasteiger partial charge on any atom is -0.443 e. The molecule has 0 saturated carbocycles. The number of ether oxygens (including phenoxy) is 1. The third-order valence-electron chi connectivity index (χ3n) is 3.97. The number of unbranched alkanes of at least 4 members (excludes halogenated alkanes) is 1. The number of carbonyl (C=O) groups is 1. The van der Waals surface area contributed by atoms with Crippen LogP contribution in [0.3, 0.4) is 0 Å². The lowest BCUT2D eigenvalue weighted by Gasteiger charge is -2.14. The van der Waals surface area contributed by atoms with Crippen LogP contribution in [0.2, 0.25) is 0 Å². The lowest BCUT2D eigenvalue weighted by atomic mass is 10.1. The lowest BCUT2D eigenvalue weighted by molar-refractivity contribution is 0.143. The van der Waals surface area contributed by atoms with E-state index in [9.17, 15) is 13.2 Å². The quantitative estimate of drug-likeness (QED) is 0.827. The Kier molecular flexibility index (Phi) is 5.64. The predicted octanol–water partition coefficient (Wildman–Crippen LogP) is 2.35. The molecule has 1 heterocycles. The monoisotopic (exact) mass is 340 g/mol. The van der Waals surface area contributed by atoms with E-state index in [2.05, 4.69) is 4.72 Å². The SMILES string of the molecule is CCCCS(=O)(=O)NCC1CN(c2ccc(C)c(C)c2)C(=O)O1. The van der Waals surface area contributed by atoms with Gasteiger partial charge in [0.25, 0.3) is 0 Å². The van der Waals surface area contributed by atoms with Crippen molar-refractivity contribution in [2.45, 2.75) is 39.7 Å². The van der Waals surface area contributed by atoms with Crippen LogP contribution >= 0.6 is 0 Å². The first kappa shape index (κ1) is 17.7. The first-order valence-electron chi connectivity index (χ1n) is 7.85. The average Bonchev–Trinajstić information content (AvgIpc) is 2.87. The van der Waals surface area contributed by atoms with Gasteiger partial charge in [-0.25, -0.2) is 17.9 Å². The van der Waals surface area contributed by atoms with E-state index in [0.29, 0.717) is 13.0 Å². The zero-order valence-corrected chi connectivity index (χ0v) is 14.6. The molecule has 1 aromatic carbocycles. The highest BCUT2D eigenvalue weighted by Crippen LogP contribution is 2.23. The van der Waals surface area contributed by atoms with Crippen LogP contribution in [0.1, 0.15) is 30.9 Å². The van der Waals surface area contributed by atoms with Gasteiger partial charge < -0.3 is 4.74 Å². The molecule has 128 valence electrons. The molecule has 1 fully saturated rings. The van der Waals surface area contributed by atoms with E-state index in [-0.39, 0.29) is 12.3 Å². The van der Waals surface area contributed by atoms with Gasteiger partial charge in [0.1, 0.15) is 6.10 Å². The van der Waals surface area contributed by atoms with Crippen molar-refractivity contribution < 1.29 is 17.9 Å². The number of rotatable bonds is 7. The summed E-state index contributed by atoms with van der Waals surface area (Å²) in [5, 5.41) is 0. The van der Waals surface area contributed by atoms with Crippen LogP contribution in [0.25, 0.3) is 0 Å². The standard InChI is InChI=1S/C16H24N2O4S/c1-4-5-8-23(20,21)17-10-15-11-18(16(19)22-15)14-7-6-12(2)13(3)9-14/h6-7,9,15,17H,4-5,8,10-11H2,1-3H3. The number of nitrogens with zero attached hydrogens (tertiary/aromatic N) is 1. The largest absolute Gasteiger partial charge is 0.443 e. The first-order valence-corrected chi connectivity index (χ1v) is 9.50. The third kappa shape index (κ3) is 4.68. The van der Waals surface area contributed by atoms with E-state index < -0.39 is 22.2 Å². The second kappa shape index (κ2) is 7.31. The molecule has 0 bridgehead atoms. The van der Waals surface area contributed by atoms with Crippen molar-refractivity contribution in [1.82, 2.24) is 4.72 Å². The number of hydrogen-bond donors (Lipinski definition) is 1. The minimum atomic E-state index is -3.30. The highest BCUT2D eigenvalue weighted by molar-refractivity contribution is 7.89. The number of aryl methyl sites for hydroxylation is 2. The molecule has 0 radical (unpaired) electrons. The zero-order chi connectivity index (χ0) is 17.0. The van der Waals surface area contributed by atoms with Gasteiger partial charge in [0, 0.05) is 12.2 Å². The number of nitrogens with one attached hydrogen (secondary N) is 1. The van der Waals surface area contributed by atoms with E-state index >= 15 is 0 Å². The maximum atomic E-state index is 12.0. The lowest BCUT2D eigenvalue weighted by Crippen LogP contribution is -2.35. The van der Waals surface area contributed by atoms with E-state index in [0.717, 1.165) is 23.2 Å². The molecule has 1 saturated heterocycles. The molecule has 1 unspecified atom stereocenters. The average molecular weight is 340 g/mol. The molecule has 6 nitrogen and oxygen atoms in total. The van der Waals surface area contributed by atoms with Gasteiger partial charge in [-0.15, -0.1) is 0 Å². The van der Waals surface area contributed by atoms with E-state index in [1.165, 1.54) is 4.90 Å². The number of benzene rings is 1. The number of cyclic esters (lactones) is 1. The highest BCUT2D eigenvalue weighted by Gasteiger charge is 2.33. The molecule has 1 aliphatic heterocycles. The summed E-state index contributed by atoms with van der Waals surface area (Å²) in [6.45, 7) is 6.39. The Morgan fingerprint density at radius 2 is 2.04 bits per heavy atom. The van der Waals surface area contributed by atoms with E-state index in [1.54, 1.807) is 0 Å². The molecule has 0 aromatic heterocycles. The minimum absolute atomic E-state index is 0.102. The molecule has 1 atom stereocenters. The van der Waals surface area contributed by atoms with Crippen molar-refractivity contribution in [2.24, 2.45) is 0 Å². The third-order valence-corrected chi connectivity index (χ3v) is 5.41. The van der Waals surface area contributed by atoms with Gasteiger partial charge in [0.2, 0.25) is 10.0 Å². The van der Waals surface area contributed by atoms with Gasteiger partial charge >= 0.3 is 6.09 Å². The Morgan fingerprint density at radius 3 is 2.70 bits per heavy atom. The van der Waals surface area contributed by atoms with Crippen LogP contribution in [0, 0.1) is 13.8 Å². The second-order valence-corrected chi connectivity index (χ2v) is 7.83. The van der Waals surface area contributed by atoms with Crippen molar-refractivity contribution in [3.63, 3.8) is 0 Å². The van der Waals surface area contributed by atoms with Crippen LogP contribution in [0.15, 0.2) is 18.2 Å². The maximum Gasteiger partial charge on any atom is 0.414 e. The Morgan fingerprint density at radius 1 is 1.30 bits per heavy atom. The summed E-state index contributed by atoms with van der Waals surface area (Å²) >= 11 is 0. The molecule has 1 aromatic rings. The van der Waals surface area contributed by atoms with Crippen molar-refractivity contribution >= 4 is 21.8 Å². The first-order chi connectivity index (χ1) is 10.8. The molecule has 7 heteroatoms. The van der Waals surface area contributed by atoms with Gasteiger partial charge in [0.15, 0.2) is 0 Å². The van der Waals surface area contributed by atoms with Crippen molar-refractivity contribution in [2.75, 3.05) is 23.7 Å². The van der Waals surface area contributed by atoms with Gasteiger partial charge in [-0.2, -0.15) is 0 Å². The summed E-state index contributed by atoms with van der Waals surface area (Å²) in [6.07, 6.45) is 0.528. The molecular formula is C16H24N2O4S. The molecule has 1 aliphatic rings. The highest BCUT2D eigenvalue weighted by atomic mass is 32.2. The fourth-order valence-corrected chi connectivity index (χ4v) is 3.61. The predicted molar refractivity (Wildman–Crippen MR) is 90.2 cm³/mol. The molecule has 2 rings (SSSR count). The van der Waals surface area contributed by atoms with Gasteiger partial charge in [0.05, 0.1) is 12.3 Å². The summed E-state index contributed by atoms with van der Waals surface area (Å²) in [4.78, 5) is 13.5. The van der Waals surface area contributed by atoms with Crippen molar-refractivity contribution in [3.8, 4) is 0 Å². The normalized spacial score (nSPS) is 18.3. The fraction of sp³-hybridized carbons (Fsp3) is 0.562. The van der Waals surface area contributed by atoms with Crippen LogP contribution in [0.5, 0.6) is 0 Å². The second-order valence-electron chi connectivity index (χ2n) is 5.91. The van der Waals surface area contributed by atoms with Gasteiger partial charge in [-0.05, 0) is 43.5 Å². The molecule has 0 spiro atoms. The number of carbonyl (C=O) groups excluding carboxylic acids is 1. The Hall–Kier alpha value is -1.60. The van der Waals surface area contributed by atoms with Crippen LogP contribution in [0.4, 0.5) is 10.5 Å². The van der Waals surface area contributed by atoms with Crippen LogP contribution in [-0.4, -0.2) is 39.5 Å². The van der Waals surface area contributed by atoms with E-state index in [4.69, 9.17) is 4.74 Å². The number of hydrogen-bond acceptors (Lipinski definition) is 4. The Labute approximate surface area is 137 Å². The van der Waals surface area contributed by atoms with Crippen molar-refractivity contribution in [1.29, 1.82) is 0 Å². The Balaban J connectivity index is 1.96. The number of sulfonamides is 1. The molecule has 0 aliphatic carbocycles.